The van der Waals surface area contributed by atoms with Gasteiger partial charge in [-0.25, -0.2) is 4.39 Å². The molecule has 0 spiro atoms. The summed E-state index contributed by atoms with van der Waals surface area (Å²) in [5.41, 5.74) is 0.695. The van der Waals surface area contributed by atoms with Crippen LogP contribution in [0.1, 0.15) is 12.5 Å². The Hall–Kier alpha value is -1.95. The summed E-state index contributed by atoms with van der Waals surface area (Å²) < 4.78 is 12.7. The number of hydrogen-bond donors (Lipinski definition) is 2. The van der Waals surface area contributed by atoms with Gasteiger partial charge in [0.1, 0.15) is 5.82 Å². The molecule has 0 heterocycles. The van der Waals surface area contributed by atoms with Gasteiger partial charge in [0.2, 0.25) is 0 Å². The smallest absolute Gasteiger partial charge is 0.311 e. The number of benzene rings is 1. The second kappa shape index (κ2) is 6.84. The van der Waals surface area contributed by atoms with Crippen molar-refractivity contribution in [1.29, 1.82) is 0 Å². The summed E-state index contributed by atoms with van der Waals surface area (Å²) in [5, 5.41) is 11.4. The number of hydrogen-bond acceptors (Lipinski definition) is 3. The molecule has 0 aliphatic carbocycles. The van der Waals surface area contributed by atoms with Crippen molar-refractivity contribution < 1.29 is 19.1 Å². The van der Waals surface area contributed by atoms with Gasteiger partial charge in [-0.05, 0) is 24.6 Å². The molecular formula is C13H17FN2O3. The highest BCUT2D eigenvalue weighted by atomic mass is 19.1. The quantitative estimate of drug-likeness (QED) is 0.771. The standard InChI is InChI=1S/C13H17FN2O3/c1-9(8-17)16(2)13(19)12(18)15-7-10-3-5-11(14)6-4-10/h3-6,9,17H,7-8H2,1-2H3,(H,15,18). The van der Waals surface area contributed by atoms with E-state index in [1.165, 1.54) is 36.2 Å². The zero-order valence-electron chi connectivity index (χ0n) is 10.9. The first-order valence-electron chi connectivity index (χ1n) is 5.86. The van der Waals surface area contributed by atoms with E-state index in [2.05, 4.69) is 5.32 Å². The van der Waals surface area contributed by atoms with E-state index in [4.69, 9.17) is 5.11 Å². The largest absolute Gasteiger partial charge is 0.394 e. The Bertz CT molecular complexity index is 448. The first-order chi connectivity index (χ1) is 8.95. The van der Waals surface area contributed by atoms with Crippen molar-refractivity contribution in [2.75, 3.05) is 13.7 Å². The van der Waals surface area contributed by atoms with Gasteiger partial charge in [0.05, 0.1) is 12.6 Å². The number of carbonyl (C=O) groups is 2. The summed E-state index contributed by atoms with van der Waals surface area (Å²) in [4.78, 5) is 24.4. The number of aliphatic hydroxyl groups excluding tert-OH is 1. The zero-order valence-corrected chi connectivity index (χ0v) is 10.9. The lowest BCUT2D eigenvalue weighted by Crippen LogP contribution is -2.45. The second-order valence-corrected chi connectivity index (χ2v) is 4.26. The molecule has 0 radical (unpaired) electrons. The van der Waals surface area contributed by atoms with Crippen LogP contribution < -0.4 is 5.32 Å². The normalized spacial score (nSPS) is 11.8. The predicted molar refractivity (Wildman–Crippen MR) is 67.6 cm³/mol. The lowest BCUT2D eigenvalue weighted by atomic mass is 10.2. The van der Waals surface area contributed by atoms with Crippen molar-refractivity contribution in [2.45, 2.75) is 19.5 Å². The monoisotopic (exact) mass is 268 g/mol. The molecule has 2 N–H and O–H groups in total. The third-order valence-electron chi connectivity index (χ3n) is 2.81. The van der Waals surface area contributed by atoms with Gasteiger partial charge >= 0.3 is 11.8 Å². The Labute approximate surface area is 111 Å². The van der Waals surface area contributed by atoms with E-state index in [0.29, 0.717) is 5.56 Å². The van der Waals surface area contributed by atoms with Crippen LogP contribution in [0, 0.1) is 5.82 Å². The van der Waals surface area contributed by atoms with Crippen molar-refractivity contribution in [3.05, 3.63) is 35.6 Å². The topological polar surface area (TPSA) is 69.6 Å². The van der Waals surface area contributed by atoms with Crippen molar-refractivity contribution in [1.82, 2.24) is 10.2 Å². The van der Waals surface area contributed by atoms with Gasteiger partial charge in [-0.15, -0.1) is 0 Å². The first-order valence-corrected chi connectivity index (χ1v) is 5.86. The molecule has 1 aromatic rings. The Morgan fingerprint density at radius 2 is 1.95 bits per heavy atom. The van der Waals surface area contributed by atoms with E-state index < -0.39 is 17.9 Å². The molecule has 0 fully saturated rings. The van der Waals surface area contributed by atoms with Crippen LogP contribution in [0.5, 0.6) is 0 Å². The highest BCUT2D eigenvalue weighted by Gasteiger charge is 2.21. The maximum Gasteiger partial charge on any atom is 0.311 e. The number of rotatable bonds is 4. The molecule has 104 valence electrons. The maximum absolute atomic E-state index is 12.7. The third kappa shape index (κ3) is 4.33. The minimum absolute atomic E-state index is 0.145. The van der Waals surface area contributed by atoms with Crippen LogP contribution in [-0.2, 0) is 16.1 Å². The van der Waals surface area contributed by atoms with Crippen LogP contribution in [0.4, 0.5) is 4.39 Å². The number of nitrogens with zero attached hydrogens (tertiary/aromatic N) is 1. The SMILES string of the molecule is CC(CO)N(C)C(=O)C(=O)NCc1ccc(F)cc1. The highest BCUT2D eigenvalue weighted by molar-refractivity contribution is 6.34. The van der Waals surface area contributed by atoms with Crippen molar-refractivity contribution >= 4 is 11.8 Å². The minimum atomic E-state index is -0.757. The molecule has 1 atom stereocenters. The molecule has 0 aliphatic heterocycles. The summed E-state index contributed by atoms with van der Waals surface area (Å²) in [6.07, 6.45) is 0. The molecule has 1 unspecified atom stereocenters. The molecule has 0 aromatic heterocycles. The molecule has 2 amide bonds. The summed E-state index contributed by atoms with van der Waals surface area (Å²) in [7, 11) is 1.45. The summed E-state index contributed by atoms with van der Waals surface area (Å²) in [5.74, 6) is -1.83. The van der Waals surface area contributed by atoms with Gasteiger partial charge in [-0.2, -0.15) is 0 Å². The van der Waals surface area contributed by atoms with Gasteiger partial charge in [0.15, 0.2) is 0 Å². The number of likely N-dealkylation sites (N-methyl/N-ethyl adjacent to an activating group) is 1. The molecule has 0 bridgehead atoms. The number of amides is 2. The number of carbonyl (C=O) groups excluding carboxylic acids is 2. The molecule has 0 saturated heterocycles. The van der Waals surface area contributed by atoms with Crippen molar-refractivity contribution in [3.63, 3.8) is 0 Å². The third-order valence-corrected chi connectivity index (χ3v) is 2.81. The van der Waals surface area contributed by atoms with Gasteiger partial charge in [0.25, 0.3) is 0 Å². The van der Waals surface area contributed by atoms with Crippen LogP contribution in [0.2, 0.25) is 0 Å². The van der Waals surface area contributed by atoms with Crippen LogP contribution in [0.25, 0.3) is 0 Å². The minimum Gasteiger partial charge on any atom is -0.394 e. The Kier molecular flexibility index (Phi) is 5.44. The van der Waals surface area contributed by atoms with Crippen molar-refractivity contribution in [3.8, 4) is 0 Å². The number of nitrogens with one attached hydrogen (secondary N) is 1. The van der Waals surface area contributed by atoms with Gasteiger partial charge in [0, 0.05) is 13.6 Å². The molecule has 5 nitrogen and oxygen atoms in total. The zero-order chi connectivity index (χ0) is 14.4. The van der Waals surface area contributed by atoms with Crippen LogP contribution in [0.15, 0.2) is 24.3 Å². The van der Waals surface area contributed by atoms with E-state index in [0.717, 1.165) is 0 Å². The molecule has 19 heavy (non-hydrogen) atoms. The second-order valence-electron chi connectivity index (χ2n) is 4.26. The van der Waals surface area contributed by atoms with Crippen LogP contribution >= 0.6 is 0 Å². The van der Waals surface area contributed by atoms with Crippen molar-refractivity contribution in [2.24, 2.45) is 0 Å². The number of aliphatic hydroxyl groups is 1. The maximum atomic E-state index is 12.7. The van der Waals surface area contributed by atoms with E-state index in [1.807, 2.05) is 0 Å². The average molecular weight is 268 g/mol. The molecule has 1 aromatic carbocycles. The predicted octanol–water partition coefficient (Wildman–Crippen LogP) is 0.281. The number of halogens is 1. The molecule has 6 heteroatoms. The Morgan fingerprint density at radius 3 is 2.47 bits per heavy atom. The van der Waals surface area contributed by atoms with Crippen LogP contribution in [-0.4, -0.2) is 41.5 Å². The lowest BCUT2D eigenvalue weighted by Gasteiger charge is -2.22. The Morgan fingerprint density at radius 1 is 1.37 bits per heavy atom. The van der Waals surface area contributed by atoms with Crippen LogP contribution in [0.3, 0.4) is 0 Å². The van der Waals surface area contributed by atoms with Gasteiger partial charge < -0.3 is 15.3 Å². The Balaban J connectivity index is 2.51. The molecular weight excluding hydrogens is 251 g/mol. The first kappa shape index (κ1) is 15.1. The fraction of sp³-hybridized carbons (Fsp3) is 0.385. The van der Waals surface area contributed by atoms with E-state index in [9.17, 15) is 14.0 Å². The average Bonchev–Trinajstić information content (AvgIpc) is 2.43. The fourth-order valence-electron chi connectivity index (χ4n) is 1.34. The van der Waals surface area contributed by atoms with E-state index >= 15 is 0 Å². The molecule has 1 rings (SSSR count). The summed E-state index contributed by atoms with van der Waals surface area (Å²) in [6.45, 7) is 1.56. The molecule has 0 aliphatic rings. The van der Waals surface area contributed by atoms with Gasteiger partial charge in [-0.3, -0.25) is 9.59 Å². The molecule has 0 saturated carbocycles. The van der Waals surface area contributed by atoms with Gasteiger partial charge in [-0.1, -0.05) is 12.1 Å². The fourth-order valence-corrected chi connectivity index (χ4v) is 1.34. The van der Waals surface area contributed by atoms with E-state index in [1.54, 1.807) is 6.92 Å². The van der Waals surface area contributed by atoms with E-state index in [-0.39, 0.29) is 19.0 Å². The lowest BCUT2D eigenvalue weighted by molar-refractivity contribution is -0.146. The highest BCUT2D eigenvalue weighted by Crippen LogP contribution is 2.02. The summed E-state index contributed by atoms with van der Waals surface area (Å²) in [6, 6.07) is 5.19. The summed E-state index contributed by atoms with van der Waals surface area (Å²) >= 11 is 0.